The standard InChI is InChI=1S/C14H21NO4S/c1-19-9-11-3-4-12(20-11)13(17)15-7-2-5-14(18,10-16)6-8-15/h3-4,16,18H,2,5-10H2,1H3. The van der Waals surface area contributed by atoms with Crippen molar-refractivity contribution >= 4 is 17.2 Å². The van der Waals surface area contributed by atoms with Crippen molar-refractivity contribution in [2.45, 2.75) is 31.5 Å². The Kier molecular flexibility index (Phi) is 5.15. The van der Waals surface area contributed by atoms with Gasteiger partial charge in [0.1, 0.15) is 0 Å². The van der Waals surface area contributed by atoms with Gasteiger partial charge >= 0.3 is 0 Å². The molecule has 1 aliphatic rings. The third-order valence-electron chi connectivity index (χ3n) is 3.66. The summed E-state index contributed by atoms with van der Waals surface area (Å²) in [7, 11) is 1.63. The van der Waals surface area contributed by atoms with Crippen LogP contribution in [0.1, 0.15) is 33.8 Å². The van der Waals surface area contributed by atoms with Crippen LogP contribution in [-0.2, 0) is 11.3 Å². The molecule has 0 aliphatic carbocycles. The van der Waals surface area contributed by atoms with E-state index < -0.39 is 5.60 Å². The normalized spacial score (nSPS) is 23.6. The summed E-state index contributed by atoms with van der Waals surface area (Å²) in [5, 5.41) is 19.3. The monoisotopic (exact) mass is 299 g/mol. The van der Waals surface area contributed by atoms with Crippen LogP contribution in [0.3, 0.4) is 0 Å². The molecule has 20 heavy (non-hydrogen) atoms. The van der Waals surface area contributed by atoms with Gasteiger partial charge in [-0.2, -0.15) is 0 Å². The van der Waals surface area contributed by atoms with Gasteiger partial charge in [0.05, 0.1) is 23.7 Å². The number of nitrogens with zero attached hydrogens (tertiary/aromatic N) is 1. The van der Waals surface area contributed by atoms with E-state index in [1.807, 2.05) is 12.1 Å². The quantitative estimate of drug-likeness (QED) is 0.878. The maximum atomic E-state index is 12.4. The number of aliphatic hydroxyl groups excluding tert-OH is 1. The van der Waals surface area contributed by atoms with Gasteiger partial charge in [-0.3, -0.25) is 4.79 Å². The van der Waals surface area contributed by atoms with Gasteiger partial charge in [0.2, 0.25) is 0 Å². The molecule has 1 saturated heterocycles. The molecule has 2 rings (SSSR count). The predicted octanol–water partition coefficient (Wildman–Crippen LogP) is 1.24. The molecule has 2 N–H and O–H groups in total. The summed E-state index contributed by atoms with van der Waals surface area (Å²) in [6.07, 6.45) is 1.66. The molecule has 1 unspecified atom stereocenters. The Hall–Kier alpha value is -0.950. The van der Waals surface area contributed by atoms with Crippen LogP contribution in [0.2, 0.25) is 0 Å². The minimum atomic E-state index is -1.04. The average Bonchev–Trinajstić information content (AvgIpc) is 2.81. The summed E-state index contributed by atoms with van der Waals surface area (Å²) in [5.41, 5.74) is -1.04. The Bertz CT molecular complexity index is 462. The van der Waals surface area contributed by atoms with Gasteiger partial charge < -0.3 is 19.8 Å². The third kappa shape index (κ3) is 3.58. The molecule has 1 amide bonds. The number of rotatable bonds is 4. The van der Waals surface area contributed by atoms with E-state index in [0.29, 0.717) is 43.8 Å². The Morgan fingerprint density at radius 3 is 2.95 bits per heavy atom. The lowest BCUT2D eigenvalue weighted by molar-refractivity contribution is -0.0250. The summed E-state index contributed by atoms with van der Waals surface area (Å²) in [6.45, 7) is 1.38. The number of thiophene rings is 1. The van der Waals surface area contributed by atoms with Crippen LogP contribution in [0, 0.1) is 0 Å². The second kappa shape index (κ2) is 6.67. The minimum Gasteiger partial charge on any atom is -0.393 e. The fourth-order valence-electron chi connectivity index (χ4n) is 2.41. The molecular formula is C14H21NO4S. The van der Waals surface area contributed by atoms with Gasteiger partial charge in [0.25, 0.3) is 5.91 Å². The van der Waals surface area contributed by atoms with Crippen LogP contribution in [0.5, 0.6) is 0 Å². The highest BCUT2D eigenvalue weighted by atomic mass is 32.1. The lowest BCUT2D eigenvalue weighted by Crippen LogP contribution is -2.36. The molecule has 0 aromatic carbocycles. The van der Waals surface area contributed by atoms with Crippen molar-refractivity contribution in [3.05, 3.63) is 21.9 Å². The van der Waals surface area contributed by atoms with Crippen LogP contribution in [0.15, 0.2) is 12.1 Å². The molecule has 0 bridgehead atoms. The van der Waals surface area contributed by atoms with Gasteiger partial charge in [0.15, 0.2) is 0 Å². The summed E-state index contributed by atoms with van der Waals surface area (Å²) in [6, 6.07) is 3.73. The van der Waals surface area contributed by atoms with Crippen molar-refractivity contribution in [1.29, 1.82) is 0 Å². The molecule has 112 valence electrons. The molecule has 0 saturated carbocycles. The van der Waals surface area contributed by atoms with E-state index in [-0.39, 0.29) is 12.5 Å². The molecule has 1 aliphatic heterocycles. The van der Waals surface area contributed by atoms with E-state index in [1.54, 1.807) is 12.0 Å². The molecule has 6 heteroatoms. The molecule has 1 aromatic rings. The maximum Gasteiger partial charge on any atom is 0.263 e. The molecule has 0 radical (unpaired) electrons. The number of carbonyl (C=O) groups is 1. The highest BCUT2D eigenvalue weighted by molar-refractivity contribution is 7.14. The SMILES string of the molecule is COCc1ccc(C(=O)N2CCCC(O)(CO)CC2)s1. The summed E-state index contributed by atoms with van der Waals surface area (Å²) >= 11 is 1.44. The van der Waals surface area contributed by atoms with Crippen LogP contribution < -0.4 is 0 Å². The largest absolute Gasteiger partial charge is 0.393 e. The lowest BCUT2D eigenvalue weighted by Gasteiger charge is -2.24. The molecule has 1 aromatic heterocycles. The number of carbonyl (C=O) groups excluding carboxylic acids is 1. The summed E-state index contributed by atoms with van der Waals surface area (Å²) in [4.78, 5) is 15.9. The zero-order chi connectivity index (χ0) is 14.6. The Morgan fingerprint density at radius 2 is 2.25 bits per heavy atom. The number of amides is 1. The van der Waals surface area contributed by atoms with Gasteiger partial charge in [-0.15, -0.1) is 11.3 Å². The van der Waals surface area contributed by atoms with Crippen LogP contribution in [0.25, 0.3) is 0 Å². The highest BCUT2D eigenvalue weighted by Gasteiger charge is 2.31. The van der Waals surface area contributed by atoms with E-state index in [2.05, 4.69) is 0 Å². The Balaban J connectivity index is 2.01. The van der Waals surface area contributed by atoms with Gasteiger partial charge in [-0.05, 0) is 31.4 Å². The van der Waals surface area contributed by atoms with Crippen molar-refractivity contribution in [1.82, 2.24) is 4.90 Å². The van der Waals surface area contributed by atoms with Crippen molar-refractivity contribution in [2.24, 2.45) is 0 Å². The van der Waals surface area contributed by atoms with E-state index in [4.69, 9.17) is 4.74 Å². The van der Waals surface area contributed by atoms with Gasteiger partial charge in [-0.25, -0.2) is 0 Å². The number of methoxy groups -OCH3 is 1. The summed E-state index contributed by atoms with van der Waals surface area (Å²) < 4.78 is 5.05. The average molecular weight is 299 g/mol. The number of hydrogen-bond acceptors (Lipinski definition) is 5. The van der Waals surface area contributed by atoms with E-state index in [0.717, 1.165) is 4.88 Å². The molecular weight excluding hydrogens is 278 g/mol. The summed E-state index contributed by atoms with van der Waals surface area (Å²) in [5.74, 6) is -0.000423. The van der Waals surface area contributed by atoms with Crippen molar-refractivity contribution in [2.75, 3.05) is 26.8 Å². The van der Waals surface area contributed by atoms with Crippen molar-refractivity contribution in [3.63, 3.8) is 0 Å². The van der Waals surface area contributed by atoms with Gasteiger partial charge in [-0.1, -0.05) is 0 Å². The topological polar surface area (TPSA) is 70.0 Å². The van der Waals surface area contributed by atoms with Crippen LogP contribution >= 0.6 is 11.3 Å². The zero-order valence-electron chi connectivity index (χ0n) is 11.7. The van der Waals surface area contributed by atoms with E-state index >= 15 is 0 Å². The van der Waals surface area contributed by atoms with Crippen LogP contribution in [0.4, 0.5) is 0 Å². The number of hydrogen-bond donors (Lipinski definition) is 2. The molecule has 2 heterocycles. The van der Waals surface area contributed by atoms with Crippen LogP contribution in [-0.4, -0.2) is 53.4 Å². The van der Waals surface area contributed by atoms with E-state index in [1.165, 1.54) is 11.3 Å². The number of aliphatic hydroxyl groups is 2. The maximum absolute atomic E-state index is 12.4. The molecule has 1 fully saturated rings. The first-order chi connectivity index (χ1) is 9.58. The first-order valence-electron chi connectivity index (χ1n) is 6.78. The fourth-order valence-corrected chi connectivity index (χ4v) is 3.36. The Morgan fingerprint density at radius 1 is 1.45 bits per heavy atom. The highest BCUT2D eigenvalue weighted by Crippen LogP contribution is 2.24. The zero-order valence-corrected chi connectivity index (χ0v) is 12.5. The smallest absolute Gasteiger partial charge is 0.263 e. The third-order valence-corrected chi connectivity index (χ3v) is 4.70. The van der Waals surface area contributed by atoms with E-state index in [9.17, 15) is 15.0 Å². The fraction of sp³-hybridized carbons (Fsp3) is 0.643. The molecule has 5 nitrogen and oxygen atoms in total. The second-order valence-electron chi connectivity index (χ2n) is 5.23. The second-order valence-corrected chi connectivity index (χ2v) is 6.40. The van der Waals surface area contributed by atoms with Crippen molar-refractivity contribution in [3.8, 4) is 0 Å². The lowest BCUT2D eigenvalue weighted by atomic mass is 9.96. The number of ether oxygens (including phenoxy) is 1. The van der Waals surface area contributed by atoms with Gasteiger partial charge in [0, 0.05) is 25.1 Å². The first kappa shape index (κ1) is 15.4. The minimum absolute atomic E-state index is 0.000423. The predicted molar refractivity (Wildman–Crippen MR) is 76.8 cm³/mol. The Labute approximate surface area is 122 Å². The first-order valence-corrected chi connectivity index (χ1v) is 7.60. The molecule has 1 atom stereocenters. The van der Waals surface area contributed by atoms with Crippen molar-refractivity contribution < 1.29 is 19.7 Å². The number of likely N-dealkylation sites (tertiary alicyclic amines) is 1. The molecule has 0 spiro atoms.